The second-order valence-corrected chi connectivity index (χ2v) is 4.77. The number of aliphatic imine (C=N–C) groups is 1. The summed E-state index contributed by atoms with van der Waals surface area (Å²) in [5.74, 6) is 0. The van der Waals surface area contributed by atoms with E-state index in [1.807, 2.05) is 12.3 Å². The lowest BCUT2D eigenvalue weighted by molar-refractivity contribution is 0.558. The molecule has 0 aliphatic carbocycles. The van der Waals surface area contributed by atoms with Gasteiger partial charge in [0, 0.05) is 6.20 Å². The van der Waals surface area contributed by atoms with E-state index in [4.69, 9.17) is 0 Å². The minimum absolute atomic E-state index is 0.186. The van der Waals surface area contributed by atoms with E-state index in [2.05, 4.69) is 57.6 Å². The van der Waals surface area contributed by atoms with Gasteiger partial charge in [-0.15, -0.1) is 0 Å². The van der Waals surface area contributed by atoms with Crippen LogP contribution in [0.3, 0.4) is 0 Å². The van der Waals surface area contributed by atoms with Gasteiger partial charge >= 0.3 is 0 Å². The number of benzene rings is 1. The van der Waals surface area contributed by atoms with Crippen LogP contribution in [0.5, 0.6) is 0 Å². The summed E-state index contributed by atoms with van der Waals surface area (Å²) in [4.78, 5) is 3.84. The molecule has 1 aromatic carbocycles. The van der Waals surface area contributed by atoms with Crippen molar-refractivity contribution in [3.8, 4) is 0 Å². The van der Waals surface area contributed by atoms with Crippen molar-refractivity contribution in [1.29, 1.82) is 0 Å². The van der Waals surface area contributed by atoms with Crippen LogP contribution in [-0.2, 0) is 0 Å². The highest BCUT2D eigenvalue weighted by Crippen LogP contribution is 2.23. The van der Waals surface area contributed by atoms with Crippen LogP contribution < -0.4 is 10.4 Å². The Labute approximate surface area is 91.9 Å². The molecule has 0 fully saturated rings. The average Bonchev–Trinajstić information content (AvgIpc) is 2.17. The van der Waals surface area contributed by atoms with Gasteiger partial charge in [-0.2, -0.15) is 0 Å². The predicted octanol–water partition coefficient (Wildman–Crippen LogP) is 2.34. The summed E-state index contributed by atoms with van der Waals surface area (Å²) < 4.78 is 0. The molecule has 1 rings (SSSR count). The van der Waals surface area contributed by atoms with Crippen molar-refractivity contribution in [2.45, 2.75) is 27.7 Å². The molecule has 0 aliphatic heterocycles. The Morgan fingerprint density at radius 3 is 2.40 bits per heavy atom. The van der Waals surface area contributed by atoms with Gasteiger partial charge in [-0.3, -0.25) is 4.99 Å². The molecule has 1 aromatic rings. The molecular formula is C14H19N. The van der Waals surface area contributed by atoms with Gasteiger partial charge in [0.1, 0.15) is 0 Å². The summed E-state index contributed by atoms with van der Waals surface area (Å²) in [5, 5.41) is 2.40. The molecule has 0 N–H and O–H groups in total. The number of nitrogens with zero attached hydrogens (tertiary/aromatic N) is 1. The lowest BCUT2D eigenvalue weighted by Gasteiger charge is -2.19. The summed E-state index contributed by atoms with van der Waals surface area (Å²) in [6.07, 6.45) is 1.81. The average molecular weight is 201 g/mol. The van der Waals surface area contributed by atoms with Crippen LogP contribution in [0.25, 0.3) is 11.8 Å². The highest BCUT2D eigenvalue weighted by Gasteiger charge is 2.12. The van der Waals surface area contributed by atoms with Crippen molar-refractivity contribution in [2.24, 2.45) is 10.4 Å². The van der Waals surface area contributed by atoms with Gasteiger partial charge < -0.3 is 0 Å². The van der Waals surface area contributed by atoms with Gasteiger partial charge in [-0.1, -0.05) is 50.6 Å². The predicted molar refractivity (Wildman–Crippen MR) is 68.2 cm³/mol. The van der Waals surface area contributed by atoms with E-state index in [0.717, 1.165) is 5.22 Å². The summed E-state index contributed by atoms with van der Waals surface area (Å²) in [7, 11) is 0. The summed E-state index contributed by atoms with van der Waals surface area (Å²) in [5.41, 5.74) is 1.56. The first kappa shape index (κ1) is 11.7. The smallest absolute Gasteiger partial charge is 0.0339 e. The van der Waals surface area contributed by atoms with E-state index >= 15 is 0 Å². The zero-order chi connectivity index (χ0) is 11.5. The molecule has 0 saturated heterocycles. The van der Waals surface area contributed by atoms with E-state index in [-0.39, 0.29) is 5.41 Å². The molecule has 0 aromatic heterocycles. The van der Waals surface area contributed by atoms with Crippen LogP contribution in [0.1, 0.15) is 27.7 Å². The number of hydrogen-bond donors (Lipinski definition) is 0. The van der Waals surface area contributed by atoms with Crippen molar-refractivity contribution in [1.82, 2.24) is 0 Å². The van der Waals surface area contributed by atoms with Gasteiger partial charge in [-0.25, -0.2) is 0 Å². The van der Waals surface area contributed by atoms with E-state index in [1.54, 1.807) is 0 Å². The summed E-state index contributed by atoms with van der Waals surface area (Å²) in [6.45, 7) is 12.3. The van der Waals surface area contributed by atoms with Crippen LogP contribution in [0.15, 0.2) is 29.3 Å². The van der Waals surface area contributed by atoms with E-state index in [0.29, 0.717) is 0 Å². The molecule has 0 aliphatic rings. The highest BCUT2D eigenvalue weighted by atomic mass is 14.6. The molecule has 0 heterocycles. The van der Waals surface area contributed by atoms with Crippen molar-refractivity contribution in [3.05, 3.63) is 34.7 Å². The quantitative estimate of drug-likeness (QED) is 0.618. The van der Waals surface area contributed by atoms with Crippen molar-refractivity contribution < 1.29 is 0 Å². The van der Waals surface area contributed by atoms with E-state index in [1.165, 1.54) is 10.8 Å². The first-order valence-corrected chi connectivity index (χ1v) is 5.19. The van der Waals surface area contributed by atoms with Crippen molar-refractivity contribution >= 4 is 18.5 Å². The number of hydrogen-bond acceptors (Lipinski definition) is 1. The molecule has 0 bridgehead atoms. The molecule has 15 heavy (non-hydrogen) atoms. The molecule has 1 heteroatoms. The summed E-state index contributed by atoms with van der Waals surface area (Å²) in [6, 6.07) is 8.29. The number of rotatable bonds is 1. The van der Waals surface area contributed by atoms with Crippen molar-refractivity contribution in [3.63, 3.8) is 0 Å². The molecule has 0 unspecified atom stereocenters. The van der Waals surface area contributed by atoms with Crippen LogP contribution in [0, 0.1) is 5.41 Å². The maximum atomic E-state index is 3.84. The molecule has 0 atom stereocenters. The Kier molecular flexibility index (Phi) is 3.46. The van der Waals surface area contributed by atoms with Crippen LogP contribution in [-0.4, -0.2) is 6.72 Å². The molecule has 0 saturated carbocycles. The third kappa shape index (κ3) is 2.79. The monoisotopic (exact) mass is 201 g/mol. The van der Waals surface area contributed by atoms with Crippen LogP contribution >= 0.6 is 0 Å². The van der Waals surface area contributed by atoms with Gasteiger partial charge in [-0.05, 0) is 29.5 Å². The maximum Gasteiger partial charge on any atom is 0.0339 e. The minimum atomic E-state index is 0.186. The Bertz CT molecular complexity index is 461. The van der Waals surface area contributed by atoms with Gasteiger partial charge in [0.25, 0.3) is 0 Å². The standard InChI is InChI=1S/C14H19N/c1-11(14(2,3)4)13-9-7-6-8-12(13)10-15-5/h6-10H,5H2,1-4H3/b12-10-,13-11+. The zero-order valence-electron chi connectivity index (χ0n) is 10.0. The lowest BCUT2D eigenvalue weighted by Crippen LogP contribution is -2.29. The van der Waals surface area contributed by atoms with Gasteiger partial charge in [0.15, 0.2) is 0 Å². The van der Waals surface area contributed by atoms with Gasteiger partial charge in [0.2, 0.25) is 0 Å². The molecule has 80 valence electrons. The molecular weight excluding hydrogens is 182 g/mol. The normalized spacial score (nSPS) is 15.1. The SMILES string of the molecule is C=N/C=c1/cccc/c1=C(/C)C(C)(C)C. The second-order valence-electron chi connectivity index (χ2n) is 4.77. The van der Waals surface area contributed by atoms with Crippen LogP contribution in [0.2, 0.25) is 0 Å². The largest absolute Gasteiger partial charge is 0.272 e. The van der Waals surface area contributed by atoms with E-state index in [9.17, 15) is 0 Å². The fourth-order valence-corrected chi connectivity index (χ4v) is 1.45. The fourth-order valence-electron chi connectivity index (χ4n) is 1.45. The second kappa shape index (κ2) is 4.43. The lowest BCUT2D eigenvalue weighted by atomic mass is 9.86. The Morgan fingerprint density at radius 2 is 1.87 bits per heavy atom. The zero-order valence-corrected chi connectivity index (χ0v) is 10.0. The van der Waals surface area contributed by atoms with Crippen LogP contribution in [0.4, 0.5) is 0 Å². The fraction of sp³-hybridized carbons (Fsp3) is 0.357. The molecule has 1 nitrogen and oxygen atoms in total. The summed E-state index contributed by atoms with van der Waals surface area (Å²) >= 11 is 0. The third-order valence-electron chi connectivity index (χ3n) is 2.72. The first-order chi connectivity index (χ1) is 6.96. The minimum Gasteiger partial charge on any atom is -0.272 e. The van der Waals surface area contributed by atoms with Gasteiger partial charge in [0.05, 0.1) is 0 Å². The maximum absolute atomic E-state index is 3.84. The third-order valence-corrected chi connectivity index (χ3v) is 2.72. The van der Waals surface area contributed by atoms with Crippen molar-refractivity contribution in [2.75, 3.05) is 0 Å². The van der Waals surface area contributed by atoms with E-state index < -0.39 is 0 Å². The Morgan fingerprint density at radius 1 is 1.27 bits per heavy atom. The molecule has 0 spiro atoms. The topological polar surface area (TPSA) is 12.4 Å². The molecule has 0 radical (unpaired) electrons. The molecule has 0 amide bonds. The Hall–Kier alpha value is -1.37. The first-order valence-electron chi connectivity index (χ1n) is 5.19. The Balaban J connectivity index is 3.64. The highest BCUT2D eigenvalue weighted by molar-refractivity contribution is 5.49.